The number of hydrogen-bond donors (Lipinski definition) is 1. The number of benzene rings is 2. The lowest BCUT2D eigenvalue weighted by Gasteiger charge is -2.39. The molecule has 2 aromatic rings. The molecule has 5 nitrogen and oxygen atoms in total. The zero-order chi connectivity index (χ0) is 26.2. The topological polar surface area (TPSA) is 72.8 Å². The smallest absolute Gasteiger partial charge is 0.198 e. The molecule has 4 atom stereocenters. The summed E-state index contributed by atoms with van der Waals surface area (Å²) < 4.78 is 40.9. The zero-order valence-corrected chi connectivity index (χ0v) is 23.5. The van der Waals surface area contributed by atoms with Crippen LogP contribution in [0.25, 0.3) is 0 Å². The van der Waals surface area contributed by atoms with Crippen molar-refractivity contribution < 1.29 is 23.0 Å². The number of sulfone groups is 1. The lowest BCUT2D eigenvalue weighted by Crippen LogP contribution is -2.48. The molecule has 1 saturated heterocycles. The van der Waals surface area contributed by atoms with Crippen LogP contribution in [0.2, 0.25) is 18.1 Å². The minimum Gasteiger partial charge on any atom is -0.390 e. The van der Waals surface area contributed by atoms with Crippen molar-refractivity contribution >= 4 is 17.9 Å². The molecule has 36 heavy (non-hydrogen) atoms. The molecule has 0 radical (unpaired) electrons. The minimum atomic E-state index is -3.73. The lowest BCUT2D eigenvalue weighted by atomic mass is 9.96. The maximum absolute atomic E-state index is 14.0. The Hall–Kier alpha value is -2.03. The van der Waals surface area contributed by atoms with Gasteiger partial charge in [-0.25, -0.2) is 8.42 Å². The maximum atomic E-state index is 14.0. The lowest BCUT2D eigenvalue weighted by molar-refractivity contribution is -0.171. The van der Waals surface area contributed by atoms with Crippen LogP contribution in [0.15, 0.2) is 88.8 Å². The van der Waals surface area contributed by atoms with Gasteiger partial charge in [0.05, 0.1) is 29.8 Å². The van der Waals surface area contributed by atoms with Crippen LogP contribution in [0.5, 0.6) is 0 Å². The molecule has 0 saturated carbocycles. The average molecular weight is 529 g/mol. The molecule has 2 aromatic carbocycles. The summed E-state index contributed by atoms with van der Waals surface area (Å²) in [7, 11) is -6.09. The number of ether oxygens (including phenoxy) is 2. The third-order valence-electron chi connectivity index (χ3n) is 7.52. The van der Waals surface area contributed by atoms with Gasteiger partial charge in [-0.3, -0.25) is 0 Å². The quantitative estimate of drug-likeness (QED) is 0.267. The van der Waals surface area contributed by atoms with Crippen LogP contribution in [-0.2, 0) is 25.9 Å². The molecule has 1 aliphatic rings. The minimum absolute atomic E-state index is 0.292. The van der Waals surface area contributed by atoms with E-state index in [1.807, 2.05) is 36.4 Å². The van der Waals surface area contributed by atoms with Crippen molar-refractivity contribution in [3.05, 3.63) is 89.5 Å². The van der Waals surface area contributed by atoms with E-state index in [9.17, 15) is 13.5 Å². The standard InChI is InChI=1S/C29H40O5SSi/c1-5-15-26-28(33-22-23-16-11-9-12-17-23)20-25(30)27(34-26)21-29(36(6-2,7-3)8-4)35(31,32)24-18-13-10-14-19-24/h5,9-14,16-19,21,25-28,30H,1,6-8,15,20,22H2,2-4H3/b29-21+/t25-,26-,27+,28+/m0/s1. The summed E-state index contributed by atoms with van der Waals surface area (Å²) >= 11 is 0. The molecule has 196 valence electrons. The fourth-order valence-electron chi connectivity index (χ4n) is 5.08. The highest BCUT2D eigenvalue weighted by Gasteiger charge is 2.43. The van der Waals surface area contributed by atoms with Crippen molar-refractivity contribution in [2.45, 2.75) is 87.7 Å². The molecule has 0 spiro atoms. The van der Waals surface area contributed by atoms with E-state index in [2.05, 4.69) is 27.4 Å². The molecule has 1 heterocycles. The van der Waals surface area contributed by atoms with Gasteiger partial charge in [-0.05, 0) is 30.2 Å². The van der Waals surface area contributed by atoms with Gasteiger partial charge in [0.2, 0.25) is 0 Å². The number of hydrogen-bond acceptors (Lipinski definition) is 5. The van der Waals surface area contributed by atoms with E-state index in [0.29, 0.717) is 28.9 Å². The Bertz CT molecular complexity index is 1090. The van der Waals surface area contributed by atoms with Gasteiger partial charge in [0.15, 0.2) is 9.84 Å². The van der Waals surface area contributed by atoms with Gasteiger partial charge in [-0.15, -0.1) is 6.58 Å². The van der Waals surface area contributed by atoms with Crippen LogP contribution in [0, 0.1) is 0 Å². The molecular formula is C29H40O5SSi. The first kappa shape index (κ1) is 28.5. The normalized spacial score (nSPS) is 23.4. The Morgan fingerprint density at radius 2 is 1.64 bits per heavy atom. The predicted molar refractivity (Wildman–Crippen MR) is 148 cm³/mol. The molecular weight excluding hydrogens is 488 g/mol. The highest BCUT2D eigenvalue weighted by molar-refractivity contribution is 7.97. The van der Waals surface area contributed by atoms with Crippen LogP contribution in [0.3, 0.4) is 0 Å². The summed E-state index contributed by atoms with van der Waals surface area (Å²) in [5, 5.41) is 11.1. The van der Waals surface area contributed by atoms with Crippen molar-refractivity contribution in [1.29, 1.82) is 0 Å². The Labute approximate surface area is 217 Å². The molecule has 1 aliphatic heterocycles. The van der Waals surface area contributed by atoms with Crippen molar-refractivity contribution in [2.75, 3.05) is 0 Å². The summed E-state index contributed by atoms with van der Waals surface area (Å²) in [6.45, 7) is 10.5. The molecule has 0 bridgehead atoms. The second-order valence-corrected chi connectivity index (χ2v) is 17.0. The Kier molecular flexibility index (Phi) is 10.3. The highest BCUT2D eigenvalue weighted by Crippen LogP contribution is 2.37. The van der Waals surface area contributed by atoms with Gasteiger partial charge >= 0.3 is 0 Å². The van der Waals surface area contributed by atoms with E-state index in [0.717, 1.165) is 23.7 Å². The van der Waals surface area contributed by atoms with E-state index >= 15 is 0 Å². The molecule has 1 fully saturated rings. The Balaban J connectivity index is 1.95. The average Bonchev–Trinajstić information content (AvgIpc) is 2.91. The molecule has 3 rings (SSSR count). The van der Waals surface area contributed by atoms with Gasteiger partial charge in [0, 0.05) is 10.9 Å². The Morgan fingerprint density at radius 3 is 2.19 bits per heavy atom. The van der Waals surface area contributed by atoms with Crippen LogP contribution < -0.4 is 0 Å². The summed E-state index contributed by atoms with van der Waals surface area (Å²) in [6, 6.07) is 20.9. The molecule has 1 N–H and O–H groups in total. The van der Waals surface area contributed by atoms with E-state index in [-0.39, 0.29) is 12.2 Å². The van der Waals surface area contributed by atoms with Gasteiger partial charge in [-0.2, -0.15) is 0 Å². The maximum Gasteiger partial charge on any atom is 0.198 e. The fourth-order valence-corrected chi connectivity index (χ4v) is 13.2. The van der Waals surface area contributed by atoms with E-state index < -0.39 is 30.1 Å². The monoisotopic (exact) mass is 528 g/mol. The SMILES string of the molecule is C=CC[C@@H]1O[C@H](/C=C(/[Si](CC)(CC)CC)S(=O)(=O)c2ccccc2)[C@@H](O)C[C@H]1OCc1ccccc1. The van der Waals surface area contributed by atoms with Crippen molar-refractivity contribution in [1.82, 2.24) is 0 Å². The van der Waals surface area contributed by atoms with E-state index in [4.69, 9.17) is 9.47 Å². The second kappa shape index (κ2) is 13.0. The van der Waals surface area contributed by atoms with Crippen molar-refractivity contribution in [2.24, 2.45) is 0 Å². The molecule has 0 aromatic heterocycles. The molecule has 0 aliphatic carbocycles. The summed E-state index contributed by atoms with van der Waals surface area (Å²) in [4.78, 5) is 0.292. The fraction of sp³-hybridized carbons (Fsp3) is 0.448. The first-order valence-electron chi connectivity index (χ1n) is 12.9. The summed E-state index contributed by atoms with van der Waals surface area (Å²) in [6.07, 6.45) is 2.20. The summed E-state index contributed by atoms with van der Waals surface area (Å²) in [5.41, 5.74) is 1.05. The number of rotatable bonds is 12. The first-order chi connectivity index (χ1) is 17.3. The van der Waals surface area contributed by atoms with Gasteiger partial charge in [-0.1, -0.05) is 93.5 Å². The third kappa shape index (κ3) is 6.44. The first-order valence-corrected chi connectivity index (χ1v) is 17.0. The zero-order valence-electron chi connectivity index (χ0n) is 21.7. The predicted octanol–water partition coefficient (Wildman–Crippen LogP) is 6.07. The largest absolute Gasteiger partial charge is 0.390 e. The van der Waals surface area contributed by atoms with E-state index in [1.165, 1.54) is 0 Å². The van der Waals surface area contributed by atoms with Crippen LogP contribution in [0.1, 0.15) is 39.2 Å². The van der Waals surface area contributed by atoms with Crippen molar-refractivity contribution in [3.63, 3.8) is 0 Å². The van der Waals surface area contributed by atoms with Crippen LogP contribution in [-0.4, -0.2) is 46.0 Å². The van der Waals surface area contributed by atoms with E-state index in [1.54, 1.807) is 36.4 Å². The van der Waals surface area contributed by atoms with Gasteiger partial charge in [0.1, 0.15) is 14.2 Å². The number of aliphatic hydroxyl groups is 1. The number of aliphatic hydroxyl groups excluding tert-OH is 1. The second-order valence-electron chi connectivity index (χ2n) is 9.49. The third-order valence-corrected chi connectivity index (χ3v) is 16.5. The summed E-state index contributed by atoms with van der Waals surface area (Å²) in [5.74, 6) is 0. The van der Waals surface area contributed by atoms with Gasteiger partial charge < -0.3 is 14.6 Å². The van der Waals surface area contributed by atoms with Crippen LogP contribution in [0.4, 0.5) is 0 Å². The van der Waals surface area contributed by atoms with Crippen LogP contribution >= 0.6 is 0 Å². The Morgan fingerprint density at radius 1 is 1.06 bits per heavy atom. The molecule has 7 heteroatoms. The molecule has 0 amide bonds. The highest BCUT2D eigenvalue weighted by atomic mass is 32.2. The van der Waals surface area contributed by atoms with Crippen molar-refractivity contribution in [3.8, 4) is 0 Å². The molecule has 0 unspecified atom stereocenters. The van der Waals surface area contributed by atoms with Gasteiger partial charge in [0.25, 0.3) is 0 Å².